The van der Waals surface area contributed by atoms with Gasteiger partial charge in [-0.05, 0) is 81.6 Å². The molecule has 2 saturated heterocycles. The van der Waals surface area contributed by atoms with E-state index < -0.39 is 6.04 Å². The molecule has 1 aromatic heterocycles. The number of nitrogens with one attached hydrogen (secondary N) is 2. The summed E-state index contributed by atoms with van der Waals surface area (Å²) in [5.41, 5.74) is 2.34. The Morgan fingerprint density at radius 2 is 1.67 bits per heavy atom. The van der Waals surface area contributed by atoms with Gasteiger partial charge in [-0.3, -0.25) is 9.36 Å². The lowest BCUT2D eigenvalue weighted by Gasteiger charge is -2.36. The molecule has 0 radical (unpaired) electrons. The average Bonchev–Trinajstić information content (AvgIpc) is 3.27. The van der Waals surface area contributed by atoms with E-state index >= 15 is 0 Å². The number of phenols is 1. The Balaban J connectivity index is 1.29. The van der Waals surface area contributed by atoms with Crippen molar-refractivity contribution in [3.63, 3.8) is 0 Å². The van der Waals surface area contributed by atoms with Crippen LogP contribution in [0, 0.1) is 0 Å². The van der Waals surface area contributed by atoms with Gasteiger partial charge in [-0.1, -0.05) is 12.1 Å². The molecule has 3 N–H and O–H groups in total. The van der Waals surface area contributed by atoms with Crippen molar-refractivity contribution in [1.29, 1.82) is 0 Å². The van der Waals surface area contributed by atoms with Crippen molar-refractivity contribution >= 4 is 54.8 Å². The van der Waals surface area contributed by atoms with Crippen LogP contribution in [0.1, 0.15) is 24.4 Å². The summed E-state index contributed by atoms with van der Waals surface area (Å²) in [6.45, 7) is 3.74. The molecule has 2 aliphatic heterocycles. The van der Waals surface area contributed by atoms with Crippen molar-refractivity contribution in [1.82, 2.24) is 29.6 Å². The van der Waals surface area contributed by atoms with Gasteiger partial charge in [-0.2, -0.15) is 0 Å². The number of piperazine rings is 1. The first-order valence-corrected chi connectivity index (χ1v) is 14.7. The summed E-state index contributed by atoms with van der Waals surface area (Å²) in [5.74, 6) is -0.0288. The molecule has 39 heavy (non-hydrogen) atoms. The summed E-state index contributed by atoms with van der Waals surface area (Å²) < 4.78 is 2.82. The summed E-state index contributed by atoms with van der Waals surface area (Å²) in [6, 6.07) is 10.1. The number of nitrogens with zero attached hydrogens (tertiary/aromatic N) is 4. The van der Waals surface area contributed by atoms with Gasteiger partial charge >= 0.3 is 11.7 Å². The number of likely N-dealkylation sites (tertiary alicyclic amines) is 1. The zero-order chi connectivity index (χ0) is 27.7. The highest BCUT2D eigenvalue weighted by atomic mass is 79.9. The maximum atomic E-state index is 13.6. The number of fused-ring (bicyclic) bond motifs is 1. The quantitative estimate of drug-likeness (QED) is 0.388. The number of amides is 3. The van der Waals surface area contributed by atoms with Crippen LogP contribution >= 0.6 is 31.9 Å². The number of urea groups is 1. The van der Waals surface area contributed by atoms with Crippen LogP contribution in [0.15, 0.2) is 50.1 Å². The van der Waals surface area contributed by atoms with E-state index in [9.17, 15) is 19.5 Å². The summed E-state index contributed by atoms with van der Waals surface area (Å²) in [4.78, 5) is 48.3. The largest absolute Gasteiger partial charge is 0.506 e. The lowest BCUT2D eigenvalue weighted by atomic mass is 10.0. The number of likely N-dealkylation sites (N-methyl/N-ethyl adjacent to an activating group) is 1. The Morgan fingerprint density at radius 1 is 1.03 bits per heavy atom. The molecular formula is C27H32Br2N6O4. The molecule has 1 atom stereocenters. The van der Waals surface area contributed by atoms with Crippen LogP contribution in [0.2, 0.25) is 0 Å². The fraction of sp³-hybridized carbons (Fsp3) is 0.444. The third-order valence-corrected chi connectivity index (χ3v) is 8.88. The number of hydrogen-bond acceptors (Lipinski definition) is 5. The molecule has 0 unspecified atom stereocenters. The predicted molar refractivity (Wildman–Crippen MR) is 156 cm³/mol. The Hall–Kier alpha value is -2.83. The number of hydrogen-bond donors (Lipinski definition) is 3. The number of phenolic OH excluding ortho intramolecular Hbond substituents is 1. The number of benzene rings is 2. The molecule has 10 nitrogen and oxygen atoms in total. The van der Waals surface area contributed by atoms with Crippen LogP contribution in [0.25, 0.3) is 11.0 Å². The number of imidazole rings is 1. The first kappa shape index (κ1) is 27.7. The smallest absolute Gasteiger partial charge is 0.326 e. The van der Waals surface area contributed by atoms with Gasteiger partial charge in [0.2, 0.25) is 5.91 Å². The third kappa shape index (κ3) is 6.02. The van der Waals surface area contributed by atoms with Crippen LogP contribution in [0.3, 0.4) is 0 Å². The number of aromatic nitrogens is 2. The van der Waals surface area contributed by atoms with Crippen molar-refractivity contribution < 1.29 is 14.7 Å². The van der Waals surface area contributed by atoms with Crippen molar-refractivity contribution in [3.05, 3.63) is 61.4 Å². The van der Waals surface area contributed by atoms with E-state index in [1.165, 1.54) is 0 Å². The van der Waals surface area contributed by atoms with Crippen LogP contribution in [0.5, 0.6) is 5.75 Å². The van der Waals surface area contributed by atoms with E-state index in [0.717, 1.165) is 29.7 Å². The molecule has 0 bridgehead atoms. The van der Waals surface area contributed by atoms with Crippen molar-refractivity contribution in [2.45, 2.75) is 31.3 Å². The van der Waals surface area contributed by atoms with E-state index in [4.69, 9.17) is 0 Å². The minimum Gasteiger partial charge on any atom is -0.506 e. The SMILES string of the molecule is CN1CCN(C(=O)[C@@H](Cc2cc(Br)c(O)c(Br)c2)NC(=O)N2CCC(n3c(=O)[nH]c4ccccc43)CC2)CC1. The number of rotatable bonds is 5. The second kappa shape index (κ2) is 11.7. The van der Waals surface area contributed by atoms with Crippen molar-refractivity contribution in [2.75, 3.05) is 46.3 Å². The highest BCUT2D eigenvalue weighted by molar-refractivity contribution is 9.11. The van der Waals surface area contributed by atoms with Gasteiger partial charge in [0.1, 0.15) is 11.8 Å². The summed E-state index contributed by atoms with van der Waals surface area (Å²) in [5, 5.41) is 13.1. The van der Waals surface area contributed by atoms with E-state index in [0.29, 0.717) is 48.0 Å². The van der Waals surface area contributed by atoms with Gasteiger partial charge in [0, 0.05) is 51.7 Å². The molecule has 3 heterocycles. The Morgan fingerprint density at radius 3 is 2.33 bits per heavy atom. The van der Waals surface area contributed by atoms with Crippen LogP contribution < -0.4 is 11.0 Å². The molecule has 2 aliphatic rings. The van der Waals surface area contributed by atoms with Crippen molar-refractivity contribution in [3.8, 4) is 5.75 Å². The zero-order valence-electron chi connectivity index (χ0n) is 21.7. The highest BCUT2D eigenvalue weighted by Crippen LogP contribution is 2.34. The van der Waals surface area contributed by atoms with Gasteiger partial charge in [0.05, 0.1) is 20.0 Å². The van der Waals surface area contributed by atoms with E-state index in [1.54, 1.807) is 21.6 Å². The normalized spacial score (nSPS) is 17.9. The van der Waals surface area contributed by atoms with E-state index in [1.807, 2.05) is 36.2 Å². The molecular weight excluding hydrogens is 632 g/mol. The first-order valence-electron chi connectivity index (χ1n) is 13.1. The Kier molecular flexibility index (Phi) is 8.34. The van der Waals surface area contributed by atoms with E-state index in [-0.39, 0.29) is 35.8 Å². The number of aromatic hydroxyl groups is 1. The maximum absolute atomic E-state index is 13.6. The third-order valence-electron chi connectivity index (χ3n) is 7.67. The molecule has 3 amide bonds. The van der Waals surface area contributed by atoms with Crippen LogP contribution in [-0.2, 0) is 11.2 Å². The second-order valence-corrected chi connectivity index (χ2v) is 12.0. The van der Waals surface area contributed by atoms with Gasteiger partial charge in [0.15, 0.2) is 0 Å². The first-order chi connectivity index (χ1) is 18.7. The van der Waals surface area contributed by atoms with Gasteiger partial charge in [-0.25, -0.2) is 9.59 Å². The zero-order valence-corrected chi connectivity index (χ0v) is 24.9. The van der Waals surface area contributed by atoms with Crippen LogP contribution in [0.4, 0.5) is 4.79 Å². The minimum atomic E-state index is -0.752. The lowest BCUT2D eigenvalue weighted by molar-refractivity contribution is -0.134. The number of H-pyrrole nitrogens is 1. The molecule has 2 fully saturated rings. The Bertz CT molecular complexity index is 1400. The fourth-order valence-electron chi connectivity index (χ4n) is 5.42. The van der Waals surface area contributed by atoms with Gasteiger partial charge < -0.3 is 30.1 Å². The van der Waals surface area contributed by atoms with E-state index in [2.05, 4.69) is 47.1 Å². The number of halogens is 2. The number of piperidine rings is 1. The molecule has 0 saturated carbocycles. The fourth-order valence-corrected chi connectivity index (χ4v) is 6.70. The lowest BCUT2D eigenvalue weighted by Crippen LogP contribution is -2.57. The number of para-hydroxylation sites is 2. The van der Waals surface area contributed by atoms with Crippen LogP contribution in [-0.4, -0.2) is 93.7 Å². The molecule has 12 heteroatoms. The monoisotopic (exact) mass is 662 g/mol. The summed E-state index contributed by atoms with van der Waals surface area (Å²) in [7, 11) is 2.03. The number of carbonyl (C=O) groups excluding carboxylic acids is 2. The molecule has 208 valence electrons. The second-order valence-electron chi connectivity index (χ2n) is 10.3. The molecule has 0 aliphatic carbocycles. The standard InChI is InChI=1S/C27H32Br2N6O4/c1-32-10-12-33(13-11-32)25(37)22(16-17-14-19(28)24(36)20(29)15-17)31-26(38)34-8-6-18(7-9-34)35-23-5-3-2-4-21(23)30-27(35)39/h2-5,14-15,18,22,36H,6-13,16H2,1H3,(H,30,39)(H,31,38)/t22-/m1/s1. The summed E-state index contributed by atoms with van der Waals surface area (Å²) in [6.07, 6.45) is 1.57. The number of aromatic amines is 1. The average molecular weight is 664 g/mol. The highest BCUT2D eigenvalue weighted by Gasteiger charge is 2.32. The minimum absolute atomic E-state index is 0.00725. The maximum Gasteiger partial charge on any atom is 0.326 e. The molecule has 5 rings (SSSR count). The molecule has 2 aromatic carbocycles. The number of carbonyl (C=O) groups is 2. The van der Waals surface area contributed by atoms with Gasteiger partial charge in [-0.15, -0.1) is 0 Å². The summed E-state index contributed by atoms with van der Waals surface area (Å²) >= 11 is 6.72. The molecule has 3 aromatic rings. The topological polar surface area (TPSA) is 114 Å². The predicted octanol–water partition coefficient (Wildman–Crippen LogP) is 3.29. The Labute approximate surface area is 243 Å². The molecule has 0 spiro atoms. The van der Waals surface area contributed by atoms with Crippen molar-refractivity contribution in [2.24, 2.45) is 0 Å². The van der Waals surface area contributed by atoms with Gasteiger partial charge in [0.25, 0.3) is 0 Å².